The van der Waals surface area contributed by atoms with E-state index >= 15 is 0 Å². The topological polar surface area (TPSA) is 98.8 Å². The van der Waals surface area contributed by atoms with E-state index in [1.54, 1.807) is 56.7 Å². The van der Waals surface area contributed by atoms with E-state index in [4.69, 9.17) is 33.2 Å². The van der Waals surface area contributed by atoms with Crippen molar-refractivity contribution in [1.82, 2.24) is 0 Å². The molecule has 2 aliphatic rings. The highest BCUT2D eigenvalue weighted by molar-refractivity contribution is 6.15. The summed E-state index contributed by atoms with van der Waals surface area (Å²) in [6.07, 6.45) is 1.64. The van der Waals surface area contributed by atoms with Gasteiger partial charge in [-0.2, -0.15) is 0 Å². The molecule has 0 aromatic heterocycles. The van der Waals surface area contributed by atoms with Crippen LogP contribution < -0.4 is 33.2 Å². The SMILES string of the molecule is COc1ccc([C@@H]2CC(=O)Oc3ccc4c(c32)O/C(=C\c2ccc(OC)c(OC)c2OC)C4=O)c(OC)c1. The summed E-state index contributed by atoms with van der Waals surface area (Å²) in [5, 5.41) is 0. The summed E-state index contributed by atoms with van der Waals surface area (Å²) >= 11 is 0. The minimum Gasteiger partial charge on any atom is -0.497 e. The summed E-state index contributed by atoms with van der Waals surface area (Å²) in [6, 6.07) is 12.1. The molecular weight excluding hydrogens is 492 g/mol. The van der Waals surface area contributed by atoms with E-state index in [1.165, 1.54) is 21.3 Å². The first-order valence-electron chi connectivity index (χ1n) is 11.8. The zero-order valence-corrected chi connectivity index (χ0v) is 21.6. The van der Waals surface area contributed by atoms with E-state index in [-0.39, 0.29) is 18.0 Å². The van der Waals surface area contributed by atoms with Gasteiger partial charge in [-0.3, -0.25) is 9.59 Å². The van der Waals surface area contributed by atoms with Crippen LogP contribution in [0.15, 0.2) is 48.2 Å². The Kier molecular flexibility index (Phi) is 6.59. The second kappa shape index (κ2) is 10.0. The molecule has 2 heterocycles. The molecule has 2 aliphatic heterocycles. The number of fused-ring (bicyclic) bond motifs is 3. The molecule has 3 aromatic carbocycles. The molecule has 9 heteroatoms. The molecule has 0 spiro atoms. The van der Waals surface area contributed by atoms with E-state index < -0.39 is 11.9 Å². The van der Waals surface area contributed by atoms with Crippen LogP contribution in [0.5, 0.6) is 40.2 Å². The van der Waals surface area contributed by atoms with Crippen molar-refractivity contribution in [2.75, 3.05) is 35.5 Å². The van der Waals surface area contributed by atoms with Crippen LogP contribution >= 0.6 is 0 Å². The molecule has 0 unspecified atom stereocenters. The fraction of sp³-hybridized carbons (Fsp3) is 0.241. The lowest BCUT2D eigenvalue weighted by Gasteiger charge is -2.27. The first-order chi connectivity index (χ1) is 18.4. The minimum atomic E-state index is -0.468. The molecule has 9 nitrogen and oxygen atoms in total. The molecule has 0 amide bonds. The van der Waals surface area contributed by atoms with Gasteiger partial charge in [0.2, 0.25) is 11.5 Å². The number of hydrogen-bond donors (Lipinski definition) is 0. The molecule has 38 heavy (non-hydrogen) atoms. The summed E-state index contributed by atoms with van der Waals surface area (Å²) in [7, 11) is 7.65. The van der Waals surface area contributed by atoms with Gasteiger partial charge in [-0.25, -0.2) is 0 Å². The van der Waals surface area contributed by atoms with Crippen molar-refractivity contribution in [2.24, 2.45) is 0 Å². The highest BCUT2D eigenvalue weighted by Gasteiger charge is 2.39. The van der Waals surface area contributed by atoms with E-state index in [9.17, 15) is 9.59 Å². The number of ether oxygens (including phenoxy) is 7. The number of Topliss-reactive ketones (excluding diaryl/α,β-unsaturated/α-hetero) is 1. The Balaban J connectivity index is 1.62. The number of hydrogen-bond acceptors (Lipinski definition) is 9. The minimum absolute atomic E-state index is 0.0479. The molecule has 196 valence electrons. The molecule has 5 rings (SSSR count). The van der Waals surface area contributed by atoms with Crippen molar-refractivity contribution in [2.45, 2.75) is 12.3 Å². The third kappa shape index (κ3) is 4.06. The van der Waals surface area contributed by atoms with Crippen LogP contribution in [0, 0.1) is 0 Å². The molecule has 0 aliphatic carbocycles. The Labute approximate surface area is 219 Å². The summed E-state index contributed by atoms with van der Waals surface area (Å²) < 4.78 is 39.0. The summed E-state index contributed by atoms with van der Waals surface area (Å²) in [5.41, 5.74) is 2.27. The second-order valence-corrected chi connectivity index (χ2v) is 8.56. The molecule has 0 saturated heterocycles. The fourth-order valence-electron chi connectivity index (χ4n) is 4.86. The summed E-state index contributed by atoms with van der Waals surface area (Å²) in [5.74, 6) is 2.03. The largest absolute Gasteiger partial charge is 0.497 e. The predicted molar refractivity (Wildman–Crippen MR) is 137 cm³/mol. The number of esters is 1. The molecule has 0 fully saturated rings. The van der Waals surface area contributed by atoms with E-state index in [1.807, 2.05) is 6.07 Å². The van der Waals surface area contributed by atoms with E-state index in [0.29, 0.717) is 56.9 Å². The Morgan fingerprint density at radius 3 is 2.24 bits per heavy atom. The average Bonchev–Trinajstić information content (AvgIpc) is 3.26. The van der Waals surface area contributed by atoms with Gasteiger partial charge in [0.15, 0.2) is 17.3 Å². The fourth-order valence-corrected chi connectivity index (χ4v) is 4.86. The van der Waals surface area contributed by atoms with Crippen LogP contribution in [0.2, 0.25) is 0 Å². The molecule has 1 atom stereocenters. The monoisotopic (exact) mass is 518 g/mol. The van der Waals surface area contributed by atoms with Crippen molar-refractivity contribution in [1.29, 1.82) is 0 Å². The predicted octanol–water partition coefficient (Wildman–Crippen LogP) is 4.79. The number of rotatable bonds is 7. The van der Waals surface area contributed by atoms with Crippen LogP contribution in [-0.4, -0.2) is 47.3 Å². The van der Waals surface area contributed by atoms with Gasteiger partial charge in [-0.05, 0) is 36.4 Å². The van der Waals surface area contributed by atoms with Crippen molar-refractivity contribution >= 4 is 17.8 Å². The van der Waals surface area contributed by atoms with Crippen LogP contribution in [0.1, 0.15) is 39.4 Å². The third-order valence-electron chi connectivity index (χ3n) is 6.62. The van der Waals surface area contributed by atoms with Crippen LogP contribution in [0.3, 0.4) is 0 Å². The molecule has 0 bridgehead atoms. The zero-order chi connectivity index (χ0) is 27.0. The van der Waals surface area contributed by atoms with Gasteiger partial charge >= 0.3 is 5.97 Å². The van der Waals surface area contributed by atoms with E-state index in [2.05, 4.69) is 0 Å². The van der Waals surface area contributed by atoms with Gasteiger partial charge in [0.05, 0.1) is 47.5 Å². The highest BCUT2D eigenvalue weighted by atomic mass is 16.5. The molecule has 0 N–H and O–H groups in total. The van der Waals surface area contributed by atoms with Crippen molar-refractivity contribution in [3.63, 3.8) is 0 Å². The molecule has 0 saturated carbocycles. The normalized spacial score (nSPS) is 16.8. The quantitative estimate of drug-likeness (QED) is 0.248. The van der Waals surface area contributed by atoms with Gasteiger partial charge in [-0.1, -0.05) is 6.07 Å². The Hall–Kier alpha value is -4.66. The lowest BCUT2D eigenvalue weighted by Crippen LogP contribution is -2.22. The third-order valence-corrected chi connectivity index (χ3v) is 6.62. The molecule has 3 aromatic rings. The maximum atomic E-state index is 13.4. The lowest BCUT2D eigenvalue weighted by molar-refractivity contribution is -0.135. The van der Waals surface area contributed by atoms with Crippen LogP contribution in [0.4, 0.5) is 0 Å². The second-order valence-electron chi connectivity index (χ2n) is 8.56. The highest BCUT2D eigenvalue weighted by Crippen LogP contribution is 2.51. The molecule has 0 radical (unpaired) electrons. The standard InChI is InChI=1S/C29H26O9/c1-32-16-7-8-17(22(13-16)34-3)19-14-24(30)37-20-11-9-18-26(31)23(38-28(18)25(19)20)12-15-6-10-21(33-2)29(36-5)27(15)35-4/h6-13,19H,14H2,1-5H3/b23-12-/t19-/m0/s1. The van der Waals surface area contributed by atoms with Crippen LogP contribution in [-0.2, 0) is 4.79 Å². The first kappa shape index (κ1) is 25.0. The van der Waals surface area contributed by atoms with Gasteiger partial charge in [0.25, 0.3) is 0 Å². The van der Waals surface area contributed by atoms with Crippen molar-refractivity contribution in [3.8, 4) is 40.2 Å². The smallest absolute Gasteiger partial charge is 0.312 e. The lowest BCUT2D eigenvalue weighted by atomic mass is 9.84. The number of ketones is 1. The number of methoxy groups -OCH3 is 5. The maximum Gasteiger partial charge on any atom is 0.312 e. The Morgan fingerprint density at radius 1 is 0.789 bits per heavy atom. The first-order valence-corrected chi connectivity index (χ1v) is 11.8. The number of carbonyl (C=O) groups excluding carboxylic acids is 2. The van der Waals surface area contributed by atoms with Crippen molar-refractivity contribution in [3.05, 3.63) is 70.5 Å². The summed E-state index contributed by atoms with van der Waals surface area (Å²) in [4.78, 5) is 26.0. The zero-order valence-electron chi connectivity index (χ0n) is 21.6. The van der Waals surface area contributed by atoms with Gasteiger partial charge in [-0.15, -0.1) is 0 Å². The maximum absolute atomic E-state index is 13.4. The van der Waals surface area contributed by atoms with Gasteiger partial charge < -0.3 is 33.2 Å². The van der Waals surface area contributed by atoms with Crippen LogP contribution in [0.25, 0.3) is 6.08 Å². The Morgan fingerprint density at radius 2 is 1.55 bits per heavy atom. The Bertz CT molecular complexity index is 1470. The number of benzene rings is 3. The number of carbonyl (C=O) groups is 2. The average molecular weight is 519 g/mol. The van der Waals surface area contributed by atoms with Crippen molar-refractivity contribution < 1.29 is 42.7 Å². The van der Waals surface area contributed by atoms with E-state index in [0.717, 1.165) is 5.56 Å². The van der Waals surface area contributed by atoms with Gasteiger partial charge in [0.1, 0.15) is 23.0 Å². The van der Waals surface area contributed by atoms with Gasteiger partial charge in [0, 0.05) is 28.7 Å². The summed E-state index contributed by atoms with van der Waals surface area (Å²) in [6.45, 7) is 0. The molecular formula is C29H26O9. The number of allylic oxidation sites excluding steroid dienone is 1.